The maximum Gasteiger partial charge on any atom is 0.254 e. The first-order valence-corrected chi connectivity index (χ1v) is 10.9. The summed E-state index contributed by atoms with van der Waals surface area (Å²) < 4.78 is 12.1. The van der Waals surface area contributed by atoms with Crippen molar-refractivity contribution >= 4 is 11.8 Å². The molecular weight excluding hydrogens is 396 g/mol. The average Bonchev–Trinajstić information content (AvgIpc) is 3.27. The van der Waals surface area contributed by atoms with Crippen molar-refractivity contribution in [2.75, 3.05) is 33.4 Å². The standard InChI is InChI=1S/C23H28N4O4/c1-15-5-3-4-6-17(15)19-20(30-14-18(28)26(19)2)22(29)27-10-8-23(9-11-27)21-16(7-12-31-23)13-24-25-21/h3-6,13,19-20H,7-12,14H2,1-2H3,(H,24,25)/t19-,20+/m1/s1. The number of aryl methyl sites for hydroxylation is 1. The molecule has 3 aliphatic heterocycles. The molecule has 2 amide bonds. The second-order valence-electron chi connectivity index (χ2n) is 8.73. The van der Waals surface area contributed by atoms with E-state index in [1.54, 1.807) is 11.9 Å². The Morgan fingerprint density at radius 3 is 2.81 bits per heavy atom. The minimum absolute atomic E-state index is 0.0666. The van der Waals surface area contributed by atoms with Gasteiger partial charge in [-0.1, -0.05) is 24.3 Å². The highest BCUT2D eigenvalue weighted by Gasteiger charge is 2.47. The van der Waals surface area contributed by atoms with Crippen LogP contribution in [0.2, 0.25) is 0 Å². The summed E-state index contributed by atoms with van der Waals surface area (Å²) in [5.41, 5.74) is 3.86. The fourth-order valence-corrected chi connectivity index (χ4v) is 5.20. The Hall–Kier alpha value is -2.71. The Bertz CT molecular complexity index is 995. The highest BCUT2D eigenvalue weighted by molar-refractivity contribution is 5.86. The van der Waals surface area contributed by atoms with Gasteiger partial charge in [0.05, 0.1) is 24.5 Å². The lowest BCUT2D eigenvalue weighted by Gasteiger charge is -2.45. The van der Waals surface area contributed by atoms with Gasteiger partial charge in [0, 0.05) is 20.1 Å². The number of H-pyrrole nitrogens is 1. The van der Waals surface area contributed by atoms with Gasteiger partial charge in [-0.2, -0.15) is 5.10 Å². The number of aromatic amines is 1. The maximum absolute atomic E-state index is 13.6. The number of likely N-dealkylation sites (tertiary alicyclic amines) is 1. The van der Waals surface area contributed by atoms with Gasteiger partial charge in [0.25, 0.3) is 5.91 Å². The minimum Gasteiger partial charge on any atom is -0.368 e. The zero-order valence-electron chi connectivity index (χ0n) is 18.0. The lowest BCUT2D eigenvalue weighted by Crippen LogP contribution is -2.56. The number of hydrogen-bond donors (Lipinski definition) is 1. The number of benzene rings is 1. The summed E-state index contributed by atoms with van der Waals surface area (Å²) in [5, 5.41) is 7.33. The number of aromatic nitrogens is 2. The number of ether oxygens (including phenoxy) is 2. The van der Waals surface area contributed by atoms with Gasteiger partial charge in [0.1, 0.15) is 12.2 Å². The van der Waals surface area contributed by atoms with Crippen LogP contribution in [0.15, 0.2) is 30.5 Å². The van der Waals surface area contributed by atoms with Crippen LogP contribution in [0.25, 0.3) is 0 Å². The monoisotopic (exact) mass is 424 g/mol. The SMILES string of the molecule is Cc1ccccc1[C@@H]1[C@@H](C(=O)N2CCC3(CC2)OCCc2cn[nH]c23)OCC(=O)N1C. The third-order valence-corrected chi connectivity index (χ3v) is 7.04. The van der Waals surface area contributed by atoms with Crippen LogP contribution in [0, 0.1) is 6.92 Å². The lowest BCUT2D eigenvalue weighted by molar-refractivity contribution is -0.171. The largest absolute Gasteiger partial charge is 0.368 e. The van der Waals surface area contributed by atoms with E-state index < -0.39 is 17.7 Å². The molecule has 2 atom stereocenters. The van der Waals surface area contributed by atoms with Crippen LogP contribution < -0.4 is 0 Å². The van der Waals surface area contributed by atoms with Gasteiger partial charge < -0.3 is 19.3 Å². The van der Waals surface area contributed by atoms with Crippen molar-refractivity contribution in [3.63, 3.8) is 0 Å². The van der Waals surface area contributed by atoms with Crippen molar-refractivity contribution in [3.05, 3.63) is 52.8 Å². The molecule has 2 saturated heterocycles. The molecule has 0 bridgehead atoms. The number of hydrogen-bond acceptors (Lipinski definition) is 5. The second kappa shape index (κ2) is 7.76. The van der Waals surface area contributed by atoms with E-state index in [1.807, 2.05) is 42.3 Å². The lowest BCUT2D eigenvalue weighted by atomic mass is 9.83. The van der Waals surface area contributed by atoms with Crippen molar-refractivity contribution < 1.29 is 19.1 Å². The molecule has 1 aromatic carbocycles. The summed E-state index contributed by atoms with van der Waals surface area (Å²) in [6.45, 7) is 3.75. The van der Waals surface area contributed by atoms with E-state index in [2.05, 4.69) is 10.2 Å². The molecule has 4 heterocycles. The van der Waals surface area contributed by atoms with E-state index in [9.17, 15) is 9.59 Å². The van der Waals surface area contributed by atoms with Gasteiger partial charge in [0.15, 0.2) is 6.10 Å². The molecule has 5 rings (SSSR count). The number of nitrogens with zero attached hydrogens (tertiary/aromatic N) is 3. The van der Waals surface area contributed by atoms with Crippen LogP contribution in [0.3, 0.4) is 0 Å². The average molecular weight is 425 g/mol. The van der Waals surface area contributed by atoms with Crippen LogP contribution in [0.5, 0.6) is 0 Å². The zero-order chi connectivity index (χ0) is 21.6. The van der Waals surface area contributed by atoms with Gasteiger partial charge in [0.2, 0.25) is 5.91 Å². The van der Waals surface area contributed by atoms with Gasteiger partial charge in [-0.25, -0.2) is 0 Å². The molecule has 8 nitrogen and oxygen atoms in total. The molecule has 0 aliphatic carbocycles. The quantitative estimate of drug-likeness (QED) is 0.793. The molecule has 2 aromatic rings. The third kappa shape index (κ3) is 3.34. The minimum atomic E-state index is -0.715. The van der Waals surface area contributed by atoms with E-state index in [4.69, 9.17) is 9.47 Å². The van der Waals surface area contributed by atoms with E-state index in [0.717, 1.165) is 23.2 Å². The first kappa shape index (κ1) is 20.2. The number of carbonyl (C=O) groups excluding carboxylic acids is 2. The molecule has 0 saturated carbocycles. The molecule has 3 aliphatic rings. The molecule has 1 aromatic heterocycles. The fraction of sp³-hybridized carbons (Fsp3) is 0.522. The van der Waals surface area contributed by atoms with E-state index >= 15 is 0 Å². The maximum atomic E-state index is 13.6. The molecule has 1 N–H and O–H groups in total. The summed E-state index contributed by atoms with van der Waals surface area (Å²) in [4.78, 5) is 29.5. The summed E-state index contributed by atoms with van der Waals surface area (Å²) in [7, 11) is 1.75. The van der Waals surface area contributed by atoms with Gasteiger partial charge in [-0.15, -0.1) is 0 Å². The van der Waals surface area contributed by atoms with Gasteiger partial charge >= 0.3 is 0 Å². The van der Waals surface area contributed by atoms with Crippen LogP contribution in [-0.2, 0) is 31.1 Å². The third-order valence-electron chi connectivity index (χ3n) is 7.04. The molecule has 0 radical (unpaired) electrons. The molecule has 164 valence electrons. The van der Waals surface area contributed by atoms with Crippen LogP contribution in [-0.4, -0.2) is 71.3 Å². The van der Waals surface area contributed by atoms with E-state index in [-0.39, 0.29) is 18.4 Å². The van der Waals surface area contributed by atoms with Crippen molar-refractivity contribution in [2.45, 2.75) is 43.9 Å². The first-order valence-electron chi connectivity index (χ1n) is 10.9. The number of likely N-dealkylation sites (N-methyl/N-ethyl adjacent to an activating group) is 1. The van der Waals surface area contributed by atoms with Crippen LogP contribution >= 0.6 is 0 Å². The Morgan fingerprint density at radius 2 is 2.03 bits per heavy atom. The van der Waals surface area contributed by atoms with Crippen molar-refractivity contribution in [1.29, 1.82) is 0 Å². The van der Waals surface area contributed by atoms with Crippen LogP contribution in [0.4, 0.5) is 0 Å². The Labute approximate surface area is 181 Å². The second-order valence-corrected chi connectivity index (χ2v) is 8.73. The number of morpholine rings is 1. The number of carbonyl (C=O) groups is 2. The summed E-state index contributed by atoms with van der Waals surface area (Å²) in [6, 6.07) is 7.43. The zero-order valence-corrected chi connectivity index (χ0v) is 18.0. The molecule has 1 spiro atoms. The van der Waals surface area contributed by atoms with Crippen molar-refractivity contribution in [2.24, 2.45) is 0 Å². The van der Waals surface area contributed by atoms with Crippen LogP contribution in [0.1, 0.15) is 41.3 Å². The molecular formula is C23H28N4O4. The van der Waals surface area contributed by atoms with E-state index in [0.29, 0.717) is 32.5 Å². The molecule has 8 heteroatoms. The molecule has 31 heavy (non-hydrogen) atoms. The Balaban J connectivity index is 1.36. The number of rotatable bonds is 2. The summed E-state index contributed by atoms with van der Waals surface area (Å²) in [5.74, 6) is -0.180. The highest BCUT2D eigenvalue weighted by Crippen LogP contribution is 2.41. The fourth-order valence-electron chi connectivity index (χ4n) is 5.20. The van der Waals surface area contributed by atoms with Gasteiger partial charge in [-0.3, -0.25) is 14.7 Å². The molecule has 0 unspecified atom stereocenters. The smallest absolute Gasteiger partial charge is 0.254 e. The Morgan fingerprint density at radius 1 is 1.26 bits per heavy atom. The number of piperidine rings is 1. The van der Waals surface area contributed by atoms with Crippen molar-refractivity contribution in [3.8, 4) is 0 Å². The van der Waals surface area contributed by atoms with E-state index in [1.165, 1.54) is 5.56 Å². The molecule has 2 fully saturated rings. The number of nitrogens with one attached hydrogen (secondary N) is 1. The summed E-state index contributed by atoms with van der Waals surface area (Å²) in [6.07, 6.45) is 3.46. The first-order chi connectivity index (χ1) is 15.0. The Kier molecular flexibility index (Phi) is 5.06. The number of fused-ring (bicyclic) bond motifs is 2. The predicted octanol–water partition coefficient (Wildman–Crippen LogP) is 1.71. The number of amides is 2. The normalized spacial score (nSPS) is 25.5. The topological polar surface area (TPSA) is 87.8 Å². The summed E-state index contributed by atoms with van der Waals surface area (Å²) >= 11 is 0. The highest BCUT2D eigenvalue weighted by atomic mass is 16.5. The predicted molar refractivity (Wildman–Crippen MR) is 112 cm³/mol. The van der Waals surface area contributed by atoms with Crippen molar-refractivity contribution in [1.82, 2.24) is 20.0 Å². The van der Waals surface area contributed by atoms with Gasteiger partial charge in [-0.05, 0) is 42.9 Å².